The van der Waals surface area contributed by atoms with Crippen molar-refractivity contribution >= 4 is 29.9 Å². The number of hydrogen-bond donors (Lipinski definition) is 2. The van der Waals surface area contributed by atoms with E-state index in [-0.39, 0.29) is 30.4 Å². The van der Waals surface area contributed by atoms with Gasteiger partial charge in [0, 0.05) is 24.2 Å². The summed E-state index contributed by atoms with van der Waals surface area (Å²) in [4.78, 5) is 14.7. The number of hydrogen-bond acceptors (Lipinski definition) is 3. The summed E-state index contributed by atoms with van der Waals surface area (Å²) in [6.07, 6.45) is 1.96. The van der Waals surface area contributed by atoms with Gasteiger partial charge in [0.05, 0.1) is 6.04 Å². The highest BCUT2D eigenvalue weighted by Gasteiger charge is 2.31. The van der Waals surface area contributed by atoms with Crippen LogP contribution in [0.5, 0.6) is 0 Å². The molecule has 0 unspecified atom stereocenters. The monoisotopic (exact) mass is 359 g/mol. The molecule has 1 aromatic carbocycles. The van der Waals surface area contributed by atoms with Crippen molar-refractivity contribution in [3.63, 3.8) is 0 Å². The number of amides is 1. The molecule has 2 atom stereocenters. The summed E-state index contributed by atoms with van der Waals surface area (Å²) in [7, 11) is 0. The predicted octanol–water partition coefficient (Wildman–Crippen LogP) is 2.83. The first-order chi connectivity index (χ1) is 10.5. The highest BCUT2D eigenvalue weighted by molar-refractivity contribution is 6.30. The minimum Gasteiger partial charge on any atom is -0.351 e. The van der Waals surface area contributed by atoms with Crippen molar-refractivity contribution in [2.45, 2.75) is 45.3 Å². The van der Waals surface area contributed by atoms with E-state index in [4.69, 9.17) is 17.3 Å². The van der Waals surface area contributed by atoms with Gasteiger partial charge in [-0.15, -0.1) is 12.4 Å². The predicted molar refractivity (Wildman–Crippen MR) is 98.0 cm³/mol. The van der Waals surface area contributed by atoms with Crippen LogP contribution in [0.25, 0.3) is 0 Å². The van der Waals surface area contributed by atoms with Gasteiger partial charge in [-0.1, -0.05) is 37.6 Å². The molecule has 0 bridgehead atoms. The van der Waals surface area contributed by atoms with Crippen molar-refractivity contribution in [1.29, 1.82) is 0 Å². The molecule has 2 rings (SSSR count). The molecule has 1 amide bonds. The number of carbonyl (C=O) groups is 1. The van der Waals surface area contributed by atoms with Gasteiger partial charge in [0.25, 0.3) is 0 Å². The number of benzene rings is 1. The van der Waals surface area contributed by atoms with Crippen LogP contribution in [0.1, 0.15) is 32.3 Å². The summed E-state index contributed by atoms with van der Waals surface area (Å²) in [6, 6.07) is 7.63. The number of likely N-dealkylation sites (tertiary alicyclic amines) is 1. The molecule has 130 valence electrons. The Hall–Kier alpha value is -0.810. The molecular weight excluding hydrogens is 333 g/mol. The van der Waals surface area contributed by atoms with Crippen LogP contribution in [0, 0.1) is 5.92 Å². The average Bonchev–Trinajstić information content (AvgIpc) is 2.93. The summed E-state index contributed by atoms with van der Waals surface area (Å²) in [5.41, 5.74) is 7.17. The Morgan fingerprint density at radius 3 is 2.87 bits per heavy atom. The van der Waals surface area contributed by atoms with Crippen molar-refractivity contribution < 1.29 is 4.79 Å². The molecule has 1 heterocycles. The Morgan fingerprint density at radius 2 is 2.22 bits per heavy atom. The van der Waals surface area contributed by atoms with Crippen LogP contribution in [0.15, 0.2) is 24.3 Å². The van der Waals surface area contributed by atoms with Gasteiger partial charge in [-0.25, -0.2) is 0 Å². The molecule has 1 aliphatic rings. The molecule has 1 fully saturated rings. The van der Waals surface area contributed by atoms with Crippen LogP contribution in [-0.2, 0) is 11.3 Å². The van der Waals surface area contributed by atoms with Gasteiger partial charge in [-0.3, -0.25) is 9.69 Å². The normalized spacial score (nSPS) is 19.4. The molecule has 0 aromatic heterocycles. The summed E-state index contributed by atoms with van der Waals surface area (Å²) in [5.74, 6) is 0.518. The third kappa shape index (κ3) is 5.96. The Morgan fingerprint density at radius 1 is 1.48 bits per heavy atom. The minimum atomic E-state index is -0.0519. The van der Waals surface area contributed by atoms with Crippen molar-refractivity contribution in [3.05, 3.63) is 34.9 Å². The van der Waals surface area contributed by atoms with E-state index in [1.807, 2.05) is 24.3 Å². The van der Waals surface area contributed by atoms with Crippen LogP contribution in [0.4, 0.5) is 0 Å². The minimum absolute atomic E-state index is 0. The van der Waals surface area contributed by atoms with E-state index < -0.39 is 0 Å². The smallest absolute Gasteiger partial charge is 0.237 e. The zero-order valence-electron chi connectivity index (χ0n) is 13.8. The molecule has 4 nitrogen and oxygen atoms in total. The van der Waals surface area contributed by atoms with E-state index >= 15 is 0 Å². The summed E-state index contributed by atoms with van der Waals surface area (Å²) in [5, 5.41) is 3.71. The van der Waals surface area contributed by atoms with Gasteiger partial charge < -0.3 is 11.1 Å². The first-order valence-corrected chi connectivity index (χ1v) is 8.37. The second-order valence-corrected chi connectivity index (χ2v) is 6.84. The molecule has 1 aliphatic heterocycles. The Labute approximate surface area is 150 Å². The lowest BCUT2D eigenvalue weighted by atomic mass is 10.0. The van der Waals surface area contributed by atoms with E-state index in [2.05, 4.69) is 24.1 Å². The highest BCUT2D eigenvalue weighted by atomic mass is 35.5. The summed E-state index contributed by atoms with van der Waals surface area (Å²) < 4.78 is 0. The van der Waals surface area contributed by atoms with Crippen molar-refractivity contribution in [1.82, 2.24) is 10.2 Å². The fourth-order valence-corrected chi connectivity index (χ4v) is 2.99. The Kier molecular flexibility index (Phi) is 8.34. The van der Waals surface area contributed by atoms with Crippen LogP contribution < -0.4 is 11.1 Å². The molecule has 0 radical (unpaired) electrons. The van der Waals surface area contributed by atoms with Gasteiger partial charge >= 0.3 is 0 Å². The number of rotatable bonds is 6. The standard InChI is InChI=1S/C17H26ClN3O.ClH/c1-12(2)15(19)11-21-8-4-7-16(21)17(22)20-10-13-5-3-6-14(18)9-13;/h3,5-6,9,12,15-16H,4,7-8,10-11,19H2,1-2H3,(H,20,22);1H/t15-,16-;/m0./s1. The fourth-order valence-electron chi connectivity index (χ4n) is 2.78. The third-order valence-electron chi connectivity index (χ3n) is 4.32. The molecule has 23 heavy (non-hydrogen) atoms. The number of halogens is 2. The Bertz CT molecular complexity index is 510. The second-order valence-electron chi connectivity index (χ2n) is 6.41. The van der Waals surface area contributed by atoms with E-state index in [1.165, 1.54) is 0 Å². The molecule has 3 N–H and O–H groups in total. The van der Waals surface area contributed by atoms with Crippen LogP contribution in [-0.4, -0.2) is 36.0 Å². The number of nitrogens with one attached hydrogen (secondary N) is 1. The zero-order valence-corrected chi connectivity index (χ0v) is 15.4. The van der Waals surface area contributed by atoms with Gasteiger partial charge in [-0.05, 0) is 43.0 Å². The maximum absolute atomic E-state index is 12.4. The van der Waals surface area contributed by atoms with E-state index in [9.17, 15) is 4.79 Å². The lowest BCUT2D eigenvalue weighted by Gasteiger charge is -2.28. The maximum Gasteiger partial charge on any atom is 0.237 e. The average molecular weight is 360 g/mol. The molecule has 1 aromatic rings. The summed E-state index contributed by atoms with van der Waals surface area (Å²) in [6.45, 7) is 6.49. The van der Waals surface area contributed by atoms with Crippen LogP contribution >= 0.6 is 24.0 Å². The second kappa shape index (κ2) is 9.48. The first kappa shape index (κ1) is 20.2. The fraction of sp³-hybridized carbons (Fsp3) is 0.588. The molecule has 1 saturated heterocycles. The Balaban J connectivity index is 0.00000264. The van der Waals surface area contributed by atoms with Crippen molar-refractivity contribution in [3.8, 4) is 0 Å². The van der Waals surface area contributed by atoms with Crippen molar-refractivity contribution in [2.75, 3.05) is 13.1 Å². The zero-order chi connectivity index (χ0) is 16.1. The lowest BCUT2D eigenvalue weighted by Crippen LogP contribution is -2.48. The van der Waals surface area contributed by atoms with Crippen LogP contribution in [0.3, 0.4) is 0 Å². The van der Waals surface area contributed by atoms with E-state index in [1.54, 1.807) is 0 Å². The molecule has 0 spiro atoms. The van der Waals surface area contributed by atoms with Crippen molar-refractivity contribution in [2.24, 2.45) is 11.7 Å². The summed E-state index contributed by atoms with van der Waals surface area (Å²) >= 11 is 5.96. The van der Waals surface area contributed by atoms with Gasteiger partial charge in [0.15, 0.2) is 0 Å². The molecule has 0 saturated carbocycles. The largest absolute Gasteiger partial charge is 0.351 e. The molecular formula is C17H27Cl2N3O. The number of nitrogens with two attached hydrogens (primary N) is 1. The van der Waals surface area contributed by atoms with Gasteiger partial charge in [0.2, 0.25) is 5.91 Å². The van der Waals surface area contributed by atoms with E-state index in [0.717, 1.165) is 31.5 Å². The van der Waals surface area contributed by atoms with Gasteiger partial charge in [-0.2, -0.15) is 0 Å². The third-order valence-corrected chi connectivity index (χ3v) is 4.56. The topological polar surface area (TPSA) is 58.4 Å². The maximum atomic E-state index is 12.4. The quantitative estimate of drug-likeness (QED) is 0.820. The first-order valence-electron chi connectivity index (χ1n) is 7.99. The molecule has 6 heteroatoms. The highest BCUT2D eigenvalue weighted by Crippen LogP contribution is 2.19. The SMILES string of the molecule is CC(C)[C@@H](N)CN1CCC[C@H]1C(=O)NCc1cccc(Cl)c1.Cl. The van der Waals surface area contributed by atoms with Gasteiger partial charge in [0.1, 0.15) is 0 Å². The lowest BCUT2D eigenvalue weighted by molar-refractivity contribution is -0.125. The van der Waals surface area contributed by atoms with E-state index in [0.29, 0.717) is 17.5 Å². The number of carbonyl (C=O) groups excluding carboxylic acids is 1. The molecule has 0 aliphatic carbocycles. The number of nitrogens with zero attached hydrogens (tertiary/aromatic N) is 1. The van der Waals surface area contributed by atoms with Crippen LogP contribution in [0.2, 0.25) is 5.02 Å².